The van der Waals surface area contributed by atoms with Crippen LogP contribution in [0, 0.1) is 6.92 Å². The normalized spacial score (nSPS) is 17.2. The molecule has 0 saturated carbocycles. The first kappa shape index (κ1) is 22.1. The Bertz CT molecular complexity index is 1350. The van der Waals surface area contributed by atoms with E-state index in [-0.39, 0.29) is 11.2 Å². The molecule has 0 spiro atoms. The molecule has 0 radical (unpaired) electrons. The summed E-state index contributed by atoms with van der Waals surface area (Å²) in [6, 6.07) is 10.2. The summed E-state index contributed by atoms with van der Waals surface area (Å²) in [5, 5.41) is 12.4. The largest absolute Gasteiger partial charge is 0.507 e. The summed E-state index contributed by atoms with van der Waals surface area (Å²) in [6.45, 7) is 7.65. The number of para-hydroxylation sites is 1. The lowest BCUT2D eigenvalue weighted by Crippen LogP contribution is -2.38. The Morgan fingerprint density at radius 1 is 1.24 bits per heavy atom. The van der Waals surface area contributed by atoms with Crippen LogP contribution >= 0.6 is 11.3 Å². The van der Waals surface area contributed by atoms with Gasteiger partial charge < -0.3 is 9.52 Å². The van der Waals surface area contributed by atoms with E-state index in [9.17, 15) is 9.90 Å². The van der Waals surface area contributed by atoms with Crippen molar-refractivity contribution in [3.05, 3.63) is 57.4 Å². The van der Waals surface area contributed by atoms with Crippen molar-refractivity contribution in [2.45, 2.75) is 65.5 Å². The zero-order valence-corrected chi connectivity index (χ0v) is 20.3. The average Bonchev–Trinajstić information content (AvgIpc) is 3.25. The molecule has 0 bridgehead atoms. The predicted octanol–water partition coefficient (Wildman–Crippen LogP) is 6.41. The number of aromatic nitrogens is 1. The Labute approximate surface area is 197 Å². The van der Waals surface area contributed by atoms with E-state index >= 15 is 0 Å². The first-order valence-corrected chi connectivity index (χ1v) is 12.7. The minimum Gasteiger partial charge on any atom is -0.507 e. The number of phenolic OH excluding ortho intramolecular Hbond substituents is 1. The first-order valence-electron chi connectivity index (χ1n) is 11.9. The van der Waals surface area contributed by atoms with Gasteiger partial charge in [-0.15, -0.1) is 11.3 Å². The van der Waals surface area contributed by atoms with Gasteiger partial charge in [0, 0.05) is 12.6 Å². The molecule has 3 heterocycles. The van der Waals surface area contributed by atoms with Crippen LogP contribution < -0.4 is 5.43 Å². The summed E-state index contributed by atoms with van der Waals surface area (Å²) >= 11 is 1.51. The van der Waals surface area contributed by atoms with Crippen molar-refractivity contribution in [3.8, 4) is 16.3 Å². The van der Waals surface area contributed by atoms with Gasteiger partial charge in [0.15, 0.2) is 0 Å². The zero-order chi connectivity index (χ0) is 23.1. The zero-order valence-electron chi connectivity index (χ0n) is 19.5. The van der Waals surface area contributed by atoms with Crippen molar-refractivity contribution in [2.24, 2.45) is 0 Å². The molecule has 1 aliphatic heterocycles. The SMILES string of the molecule is CCc1cc2c(=O)c(-c3nc4ccccc4s3)c(C)oc2c(CN2CCCCC2CC)c1O. The van der Waals surface area contributed by atoms with Crippen molar-refractivity contribution in [2.75, 3.05) is 6.54 Å². The molecule has 5 nitrogen and oxygen atoms in total. The standard InChI is InChI=1S/C27H30N2O3S/c1-4-17-14-19-25(31)23(27-28-21-11-6-7-12-22(21)33-27)16(3)32-26(19)20(24(17)30)15-29-13-9-8-10-18(29)5-2/h6-7,11-12,14,18,30H,4-5,8-10,13,15H2,1-3H3. The van der Waals surface area contributed by atoms with E-state index in [1.165, 1.54) is 24.2 Å². The van der Waals surface area contributed by atoms with E-state index < -0.39 is 0 Å². The number of fused-ring (bicyclic) bond motifs is 2. The summed E-state index contributed by atoms with van der Waals surface area (Å²) < 4.78 is 7.37. The number of thiazole rings is 1. The van der Waals surface area contributed by atoms with Gasteiger partial charge in [0.05, 0.1) is 26.7 Å². The first-order chi connectivity index (χ1) is 16.0. The molecular weight excluding hydrogens is 432 g/mol. The van der Waals surface area contributed by atoms with Crippen LogP contribution in [-0.4, -0.2) is 27.6 Å². The molecule has 5 rings (SSSR count). The second-order valence-corrected chi connectivity index (χ2v) is 10.0. The van der Waals surface area contributed by atoms with E-state index in [1.54, 1.807) is 0 Å². The third-order valence-electron chi connectivity index (χ3n) is 6.98. The maximum Gasteiger partial charge on any atom is 0.203 e. The van der Waals surface area contributed by atoms with Gasteiger partial charge in [0.2, 0.25) is 5.43 Å². The van der Waals surface area contributed by atoms with Gasteiger partial charge in [-0.2, -0.15) is 0 Å². The van der Waals surface area contributed by atoms with Crippen LogP contribution in [0.3, 0.4) is 0 Å². The highest BCUT2D eigenvalue weighted by atomic mass is 32.1. The highest BCUT2D eigenvalue weighted by molar-refractivity contribution is 7.21. The Morgan fingerprint density at radius 3 is 2.82 bits per heavy atom. The number of hydrogen-bond donors (Lipinski definition) is 1. The molecule has 2 aromatic carbocycles. The predicted molar refractivity (Wildman–Crippen MR) is 135 cm³/mol. The molecule has 2 aromatic heterocycles. The Kier molecular flexibility index (Phi) is 5.97. The van der Waals surface area contributed by atoms with Crippen LogP contribution in [0.15, 0.2) is 39.5 Å². The summed E-state index contributed by atoms with van der Waals surface area (Å²) in [5.41, 5.74) is 3.36. The summed E-state index contributed by atoms with van der Waals surface area (Å²) in [7, 11) is 0. The monoisotopic (exact) mass is 462 g/mol. The lowest BCUT2D eigenvalue weighted by molar-refractivity contribution is 0.135. The molecule has 172 valence electrons. The van der Waals surface area contributed by atoms with E-state index in [2.05, 4.69) is 11.8 Å². The molecule has 6 heteroatoms. The van der Waals surface area contributed by atoms with Crippen molar-refractivity contribution < 1.29 is 9.52 Å². The smallest absolute Gasteiger partial charge is 0.203 e. The lowest BCUT2D eigenvalue weighted by Gasteiger charge is -2.35. The molecule has 4 aromatic rings. The maximum absolute atomic E-state index is 13.8. The van der Waals surface area contributed by atoms with Crippen LogP contribution in [0.5, 0.6) is 5.75 Å². The van der Waals surface area contributed by atoms with E-state index in [1.807, 2.05) is 44.2 Å². The Balaban J connectivity index is 1.70. The third-order valence-corrected chi connectivity index (χ3v) is 8.03. The minimum atomic E-state index is -0.0746. The number of rotatable bonds is 5. The van der Waals surface area contributed by atoms with Gasteiger partial charge in [-0.05, 0) is 62.9 Å². The lowest BCUT2D eigenvalue weighted by atomic mass is 9.96. The quantitative estimate of drug-likeness (QED) is 0.371. The maximum atomic E-state index is 13.8. The summed E-state index contributed by atoms with van der Waals surface area (Å²) in [6.07, 6.45) is 5.31. The van der Waals surface area contributed by atoms with Gasteiger partial charge in [0.1, 0.15) is 22.1 Å². The average molecular weight is 463 g/mol. The fourth-order valence-electron chi connectivity index (χ4n) is 5.13. The number of phenols is 1. The van der Waals surface area contributed by atoms with Crippen LogP contribution in [0.25, 0.3) is 31.8 Å². The van der Waals surface area contributed by atoms with Crippen molar-refractivity contribution in [1.82, 2.24) is 9.88 Å². The van der Waals surface area contributed by atoms with Crippen molar-refractivity contribution in [3.63, 3.8) is 0 Å². The fraction of sp³-hybridized carbons (Fsp3) is 0.407. The molecule has 1 fully saturated rings. The second-order valence-electron chi connectivity index (χ2n) is 8.97. The highest BCUT2D eigenvalue weighted by Gasteiger charge is 2.26. The van der Waals surface area contributed by atoms with Crippen molar-refractivity contribution in [1.29, 1.82) is 0 Å². The number of aromatic hydroxyl groups is 1. The second kappa shape index (κ2) is 8.92. The summed E-state index contributed by atoms with van der Waals surface area (Å²) in [5.74, 6) is 0.808. The van der Waals surface area contributed by atoms with Gasteiger partial charge >= 0.3 is 0 Å². The molecule has 1 aliphatic rings. The number of likely N-dealkylation sites (tertiary alicyclic amines) is 1. The molecule has 0 aliphatic carbocycles. The molecule has 0 amide bonds. The third kappa shape index (κ3) is 3.85. The van der Waals surface area contributed by atoms with E-state index in [0.29, 0.717) is 46.3 Å². The molecule has 1 atom stereocenters. The van der Waals surface area contributed by atoms with Crippen LogP contribution in [0.4, 0.5) is 0 Å². The molecule has 33 heavy (non-hydrogen) atoms. The van der Waals surface area contributed by atoms with Crippen LogP contribution in [-0.2, 0) is 13.0 Å². The summed E-state index contributed by atoms with van der Waals surface area (Å²) in [4.78, 5) is 20.9. The van der Waals surface area contributed by atoms with Gasteiger partial charge in [-0.25, -0.2) is 4.98 Å². The van der Waals surface area contributed by atoms with Gasteiger partial charge in [-0.3, -0.25) is 9.69 Å². The number of aryl methyl sites for hydroxylation is 2. The van der Waals surface area contributed by atoms with Crippen LogP contribution in [0.2, 0.25) is 0 Å². The number of hydrogen-bond acceptors (Lipinski definition) is 6. The number of nitrogens with zero attached hydrogens (tertiary/aromatic N) is 2. The minimum absolute atomic E-state index is 0.0746. The molecule has 1 saturated heterocycles. The van der Waals surface area contributed by atoms with Crippen LogP contribution in [0.1, 0.15) is 56.4 Å². The van der Waals surface area contributed by atoms with E-state index in [0.717, 1.165) is 40.7 Å². The highest BCUT2D eigenvalue weighted by Crippen LogP contribution is 2.37. The Hall–Kier alpha value is -2.70. The molecule has 1 N–H and O–H groups in total. The fourth-order valence-corrected chi connectivity index (χ4v) is 6.19. The topological polar surface area (TPSA) is 66.6 Å². The molecule has 1 unspecified atom stereocenters. The molecular formula is C27H30N2O3S. The van der Waals surface area contributed by atoms with Crippen molar-refractivity contribution >= 4 is 32.5 Å². The van der Waals surface area contributed by atoms with Gasteiger partial charge in [0.25, 0.3) is 0 Å². The van der Waals surface area contributed by atoms with Gasteiger partial charge in [-0.1, -0.05) is 32.4 Å². The van der Waals surface area contributed by atoms with E-state index in [4.69, 9.17) is 9.40 Å². The Morgan fingerprint density at radius 2 is 2.06 bits per heavy atom. The number of benzene rings is 2. The number of piperidine rings is 1.